The molecule has 0 bridgehead atoms. The Bertz CT molecular complexity index is 1270. The number of benzene rings is 1. The number of thioether (sulfide) groups is 1. The summed E-state index contributed by atoms with van der Waals surface area (Å²) in [6, 6.07) is 8.38. The van der Waals surface area contributed by atoms with Gasteiger partial charge in [0.05, 0.1) is 17.9 Å². The maximum absolute atomic E-state index is 13.1. The molecule has 0 radical (unpaired) electrons. The van der Waals surface area contributed by atoms with E-state index in [1.807, 2.05) is 12.1 Å². The van der Waals surface area contributed by atoms with Gasteiger partial charge in [-0.3, -0.25) is 14.2 Å². The average molecular weight is 429 g/mol. The summed E-state index contributed by atoms with van der Waals surface area (Å²) in [5.74, 6) is 0.669. The third-order valence-electron chi connectivity index (χ3n) is 4.57. The molecule has 9 nitrogen and oxygen atoms in total. The predicted octanol–water partition coefficient (Wildman–Crippen LogP) is 2.90. The van der Waals surface area contributed by atoms with Gasteiger partial charge >= 0.3 is 0 Å². The number of anilines is 1. The largest absolute Gasteiger partial charge is 0.363 e. The van der Waals surface area contributed by atoms with E-state index in [9.17, 15) is 9.59 Å². The van der Waals surface area contributed by atoms with Gasteiger partial charge in [-0.2, -0.15) is 5.10 Å². The summed E-state index contributed by atoms with van der Waals surface area (Å²) < 4.78 is 7.89. The fraction of sp³-hybridized carbons (Fsp3) is 0.167. The topological polar surface area (TPSA) is 108 Å². The molecule has 3 aromatic heterocycles. The maximum Gasteiger partial charge on any atom is 0.265 e. The number of carbonyl (C=O) groups is 1. The second kappa shape index (κ2) is 7.05. The molecule has 29 heavy (non-hydrogen) atoms. The Hall–Kier alpha value is -3.11. The number of nitrogens with zero attached hydrogens (tertiary/aromatic N) is 5. The van der Waals surface area contributed by atoms with Gasteiger partial charge in [0.2, 0.25) is 5.91 Å². The van der Waals surface area contributed by atoms with E-state index < -0.39 is 0 Å². The van der Waals surface area contributed by atoms with Gasteiger partial charge in [0.1, 0.15) is 11.6 Å². The van der Waals surface area contributed by atoms with Crippen LogP contribution in [-0.4, -0.2) is 36.1 Å². The number of hydrogen-bond acceptors (Lipinski definition) is 7. The Morgan fingerprint density at radius 3 is 2.90 bits per heavy atom. The first-order valence-corrected chi connectivity index (χ1v) is 10.1. The van der Waals surface area contributed by atoms with Crippen molar-refractivity contribution >= 4 is 46.1 Å². The summed E-state index contributed by atoms with van der Waals surface area (Å²) in [4.78, 5) is 30.0. The van der Waals surface area contributed by atoms with Crippen molar-refractivity contribution in [2.45, 2.75) is 17.6 Å². The minimum atomic E-state index is -0.301. The molecule has 0 saturated carbocycles. The van der Waals surface area contributed by atoms with Crippen LogP contribution in [0.25, 0.3) is 16.7 Å². The van der Waals surface area contributed by atoms with Gasteiger partial charge in [-0.1, -0.05) is 28.5 Å². The number of halogens is 1. The Morgan fingerprint density at radius 2 is 2.14 bits per heavy atom. The van der Waals surface area contributed by atoms with Crippen LogP contribution in [0.5, 0.6) is 0 Å². The molecule has 1 amide bonds. The lowest BCUT2D eigenvalue weighted by molar-refractivity contribution is -0.116. The summed E-state index contributed by atoms with van der Waals surface area (Å²) in [6.45, 7) is 0. The molecule has 1 atom stereocenters. The highest BCUT2D eigenvalue weighted by Crippen LogP contribution is 2.33. The van der Waals surface area contributed by atoms with Crippen LogP contribution in [0, 0.1) is 0 Å². The van der Waals surface area contributed by atoms with Gasteiger partial charge in [0.15, 0.2) is 16.6 Å². The van der Waals surface area contributed by atoms with Crippen molar-refractivity contribution in [1.29, 1.82) is 0 Å². The van der Waals surface area contributed by atoms with E-state index in [0.29, 0.717) is 32.8 Å². The van der Waals surface area contributed by atoms with Crippen molar-refractivity contribution in [1.82, 2.24) is 24.5 Å². The van der Waals surface area contributed by atoms with Crippen LogP contribution >= 0.6 is 23.4 Å². The minimum Gasteiger partial charge on any atom is -0.363 e. The molecule has 0 saturated heterocycles. The SMILES string of the molecule is O=C(CC1CSc2nc3c(cnn3-c3ccc(Cl)cc3)c(=O)n21)Nc1ccon1. The number of carbonyl (C=O) groups excluding carboxylic acids is 1. The summed E-state index contributed by atoms with van der Waals surface area (Å²) in [7, 11) is 0. The third-order valence-corrected chi connectivity index (χ3v) is 5.92. The van der Waals surface area contributed by atoms with Crippen LogP contribution in [0.2, 0.25) is 5.02 Å². The molecule has 1 aliphatic heterocycles. The molecule has 5 rings (SSSR count). The fourth-order valence-corrected chi connectivity index (χ4v) is 4.49. The van der Waals surface area contributed by atoms with Crippen molar-refractivity contribution < 1.29 is 9.32 Å². The lowest BCUT2D eigenvalue weighted by Crippen LogP contribution is -2.27. The Kier molecular flexibility index (Phi) is 4.36. The van der Waals surface area contributed by atoms with Crippen LogP contribution in [0.15, 0.2) is 57.3 Å². The molecule has 0 spiro atoms. The smallest absolute Gasteiger partial charge is 0.265 e. The normalized spacial score (nSPS) is 15.6. The molecule has 4 aromatic rings. The first-order chi connectivity index (χ1) is 14.1. The van der Waals surface area contributed by atoms with Gasteiger partial charge in [-0.05, 0) is 24.3 Å². The summed E-state index contributed by atoms with van der Waals surface area (Å²) in [5.41, 5.74) is 1.02. The maximum atomic E-state index is 13.1. The lowest BCUT2D eigenvalue weighted by atomic mass is 10.2. The highest BCUT2D eigenvalue weighted by atomic mass is 35.5. The Morgan fingerprint density at radius 1 is 1.31 bits per heavy atom. The fourth-order valence-electron chi connectivity index (χ4n) is 3.24. The van der Waals surface area contributed by atoms with E-state index in [4.69, 9.17) is 16.1 Å². The van der Waals surface area contributed by atoms with E-state index in [2.05, 4.69) is 20.6 Å². The molecule has 0 aliphatic carbocycles. The van der Waals surface area contributed by atoms with Crippen LogP contribution in [0.1, 0.15) is 12.5 Å². The second-order valence-electron chi connectivity index (χ2n) is 6.44. The zero-order valence-corrected chi connectivity index (χ0v) is 16.4. The van der Waals surface area contributed by atoms with Crippen molar-refractivity contribution in [3.63, 3.8) is 0 Å². The van der Waals surface area contributed by atoms with Crippen LogP contribution < -0.4 is 10.9 Å². The van der Waals surface area contributed by atoms with E-state index in [1.165, 1.54) is 24.2 Å². The van der Waals surface area contributed by atoms with Gasteiger partial charge in [0.25, 0.3) is 5.56 Å². The molecule has 1 aromatic carbocycles. The van der Waals surface area contributed by atoms with E-state index in [1.54, 1.807) is 27.4 Å². The first-order valence-electron chi connectivity index (χ1n) is 8.69. The quantitative estimate of drug-likeness (QED) is 0.498. The number of amides is 1. The number of aromatic nitrogens is 5. The molecular formula is C18H13ClN6O3S. The van der Waals surface area contributed by atoms with Gasteiger partial charge in [0, 0.05) is 23.3 Å². The van der Waals surface area contributed by atoms with Gasteiger partial charge < -0.3 is 9.84 Å². The molecule has 146 valence electrons. The standard InChI is InChI=1S/C18H13ClN6O3S/c19-10-1-3-11(4-2-10)25-16-13(8-20-25)17(27)24-12(9-29-18(24)22-16)7-15(26)21-14-5-6-28-23-14/h1-6,8,12H,7,9H2,(H,21,23,26). The van der Waals surface area contributed by atoms with Gasteiger partial charge in [-0.15, -0.1) is 0 Å². The lowest BCUT2D eigenvalue weighted by Gasteiger charge is -2.12. The van der Waals surface area contributed by atoms with E-state index >= 15 is 0 Å². The monoisotopic (exact) mass is 428 g/mol. The minimum absolute atomic E-state index is 0.130. The van der Waals surface area contributed by atoms with Crippen molar-refractivity contribution in [2.75, 3.05) is 11.1 Å². The van der Waals surface area contributed by atoms with Crippen molar-refractivity contribution in [2.24, 2.45) is 0 Å². The molecule has 1 aliphatic rings. The summed E-state index contributed by atoms with van der Waals surface area (Å²) in [5, 5.41) is 12.2. The first kappa shape index (κ1) is 18.0. The number of fused-ring (bicyclic) bond motifs is 2. The average Bonchev–Trinajstić information content (AvgIpc) is 3.43. The van der Waals surface area contributed by atoms with Gasteiger partial charge in [-0.25, -0.2) is 9.67 Å². The zero-order chi connectivity index (χ0) is 20.0. The molecule has 0 fully saturated rings. The molecule has 11 heteroatoms. The predicted molar refractivity (Wildman–Crippen MR) is 108 cm³/mol. The molecule has 4 heterocycles. The highest BCUT2D eigenvalue weighted by Gasteiger charge is 2.29. The second-order valence-corrected chi connectivity index (χ2v) is 7.87. The Labute approximate surface area is 172 Å². The molecule has 1 N–H and O–H groups in total. The third kappa shape index (κ3) is 3.19. The van der Waals surface area contributed by atoms with Crippen LogP contribution in [0.4, 0.5) is 5.82 Å². The Balaban J connectivity index is 1.48. The van der Waals surface area contributed by atoms with Crippen molar-refractivity contribution in [3.05, 3.63) is 58.2 Å². The van der Waals surface area contributed by atoms with Crippen LogP contribution in [0.3, 0.4) is 0 Å². The highest BCUT2D eigenvalue weighted by molar-refractivity contribution is 7.99. The van der Waals surface area contributed by atoms with Crippen molar-refractivity contribution in [3.8, 4) is 5.69 Å². The summed E-state index contributed by atoms with van der Waals surface area (Å²) in [6.07, 6.45) is 3.01. The van der Waals surface area contributed by atoms with Crippen LogP contribution in [-0.2, 0) is 4.79 Å². The number of rotatable bonds is 4. The number of nitrogens with one attached hydrogen (secondary N) is 1. The van der Waals surface area contributed by atoms with E-state index in [-0.39, 0.29) is 23.9 Å². The number of hydrogen-bond donors (Lipinski definition) is 1. The van der Waals surface area contributed by atoms with E-state index in [0.717, 1.165) is 5.69 Å². The zero-order valence-electron chi connectivity index (χ0n) is 14.8. The molecule has 1 unspecified atom stereocenters. The molecular weight excluding hydrogens is 416 g/mol. The summed E-state index contributed by atoms with van der Waals surface area (Å²) >= 11 is 7.39.